The molecule has 1 atom stereocenters. The van der Waals surface area contributed by atoms with Gasteiger partial charge in [-0.25, -0.2) is 0 Å². The van der Waals surface area contributed by atoms with E-state index in [-0.39, 0.29) is 0 Å². The molecule has 0 fully saturated rings. The van der Waals surface area contributed by atoms with Gasteiger partial charge >= 0.3 is 5.97 Å². The highest BCUT2D eigenvalue weighted by molar-refractivity contribution is 14.1. The maximum Gasteiger partial charge on any atom is 0.303 e. The lowest BCUT2D eigenvalue weighted by Gasteiger charge is -1.99. The number of halogens is 1. The van der Waals surface area contributed by atoms with Crippen LogP contribution in [-0.2, 0) is 4.79 Å². The van der Waals surface area contributed by atoms with Gasteiger partial charge in [0.2, 0.25) is 0 Å². The lowest BCUT2D eigenvalue weighted by molar-refractivity contribution is -0.137. The number of unbranched alkanes of at least 4 members (excludes halogenated alkanes) is 1. The van der Waals surface area contributed by atoms with Crippen molar-refractivity contribution in [3.8, 4) is 0 Å². The molecule has 0 saturated heterocycles. The van der Waals surface area contributed by atoms with Crippen molar-refractivity contribution in [3.05, 3.63) is 0 Å². The number of hydrogen-bond acceptors (Lipinski definition) is 1. The zero-order valence-corrected chi connectivity index (χ0v) is 8.30. The smallest absolute Gasteiger partial charge is 0.303 e. The summed E-state index contributed by atoms with van der Waals surface area (Å²) in [6.07, 6.45) is 3.32. The number of carbonyl (C=O) groups is 1. The molecule has 3 heteroatoms. The molecule has 0 amide bonds. The third-order valence-electron chi connectivity index (χ3n) is 1.24. The zero-order chi connectivity index (χ0) is 7.98. The second kappa shape index (κ2) is 5.95. The van der Waals surface area contributed by atoms with Crippen LogP contribution in [0.1, 0.15) is 32.6 Å². The van der Waals surface area contributed by atoms with Gasteiger partial charge in [0.1, 0.15) is 0 Å². The Morgan fingerprint density at radius 1 is 1.60 bits per heavy atom. The molecule has 0 saturated carbocycles. The van der Waals surface area contributed by atoms with Gasteiger partial charge in [0, 0.05) is 10.3 Å². The van der Waals surface area contributed by atoms with E-state index in [4.69, 9.17) is 5.11 Å². The summed E-state index contributed by atoms with van der Waals surface area (Å²) >= 11 is 2.35. The fourth-order valence-electron chi connectivity index (χ4n) is 0.702. The first kappa shape index (κ1) is 10.2. The molecule has 1 N–H and O–H groups in total. The quantitative estimate of drug-likeness (QED) is 0.466. The van der Waals surface area contributed by atoms with Gasteiger partial charge in [-0.15, -0.1) is 0 Å². The number of carboxylic acid groups (broad SMARTS) is 1. The molecule has 0 bridgehead atoms. The van der Waals surface area contributed by atoms with Crippen molar-refractivity contribution in [2.75, 3.05) is 0 Å². The summed E-state index contributed by atoms with van der Waals surface area (Å²) in [5.41, 5.74) is 0. The predicted octanol–water partition coefficient (Wildman–Crippen LogP) is 2.45. The van der Waals surface area contributed by atoms with E-state index in [1.54, 1.807) is 0 Å². The molecular formula is C7H13IO2. The van der Waals surface area contributed by atoms with Gasteiger partial charge in [-0.3, -0.25) is 4.79 Å². The monoisotopic (exact) mass is 256 g/mol. The normalized spacial score (nSPS) is 13.0. The number of hydrogen-bond donors (Lipinski definition) is 1. The Hall–Kier alpha value is 0.200. The van der Waals surface area contributed by atoms with Gasteiger partial charge in [0.15, 0.2) is 0 Å². The molecule has 0 aromatic rings. The van der Waals surface area contributed by atoms with Crippen molar-refractivity contribution in [2.45, 2.75) is 36.5 Å². The highest BCUT2D eigenvalue weighted by Gasteiger charge is 1.98. The van der Waals surface area contributed by atoms with Gasteiger partial charge in [0.25, 0.3) is 0 Å². The fraction of sp³-hybridized carbons (Fsp3) is 0.857. The average molecular weight is 256 g/mol. The fourth-order valence-corrected chi connectivity index (χ4v) is 1.14. The maximum atomic E-state index is 10.0. The molecule has 60 valence electrons. The van der Waals surface area contributed by atoms with E-state index >= 15 is 0 Å². The van der Waals surface area contributed by atoms with Gasteiger partial charge in [-0.05, 0) is 12.8 Å². The highest BCUT2D eigenvalue weighted by Crippen LogP contribution is 2.09. The van der Waals surface area contributed by atoms with Crippen LogP contribution in [0, 0.1) is 0 Å². The van der Waals surface area contributed by atoms with Crippen LogP contribution in [0.2, 0.25) is 0 Å². The maximum absolute atomic E-state index is 10.0. The Morgan fingerprint density at radius 3 is 2.60 bits per heavy atom. The molecular weight excluding hydrogens is 243 g/mol. The molecule has 0 aliphatic heterocycles. The summed E-state index contributed by atoms with van der Waals surface area (Å²) in [4.78, 5) is 10.0. The summed E-state index contributed by atoms with van der Waals surface area (Å²) in [5.74, 6) is -0.680. The lowest BCUT2D eigenvalue weighted by Crippen LogP contribution is -1.95. The van der Waals surface area contributed by atoms with Crippen molar-refractivity contribution in [2.24, 2.45) is 0 Å². The molecule has 10 heavy (non-hydrogen) atoms. The summed E-state index contributed by atoms with van der Waals surface area (Å²) in [6.45, 7) is 2.14. The number of carboxylic acids is 1. The van der Waals surface area contributed by atoms with Crippen LogP contribution < -0.4 is 0 Å². The van der Waals surface area contributed by atoms with Crippen LogP contribution in [0.25, 0.3) is 0 Å². The summed E-state index contributed by atoms with van der Waals surface area (Å²) in [6, 6.07) is 0. The third-order valence-corrected chi connectivity index (χ3v) is 1.87. The van der Waals surface area contributed by atoms with Crippen molar-refractivity contribution in [1.29, 1.82) is 0 Å². The van der Waals surface area contributed by atoms with E-state index in [0.29, 0.717) is 10.3 Å². The predicted molar refractivity (Wildman–Crippen MR) is 49.6 cm³/mol. The number of alkyl halides is 1. The lowest BCUT2D eigenvalue weighted by atomic mass is 10.2. The topological polar surface area (TPSA) is 37.3 Å². The van der Waals surface area contributed by atoms with E-state index in [0.717, 1.165) is 19.3 Å². The number of aliphatic carboxylic acids is 1. The van der Waals surface area contributed by atoms with E-state index in [1.807, 2.05) is 0 Å². The first-order valence-electron chi connectivity index (χ1n) is 3.49. The largest absolute Gasteiger partial charge is 0.481 e. The second-order valence-corrected chi connectivity index (χ2v) is 4.55. The summed E-state index contributed by atoms with van der Waals surface area (Å²) in [7, 11) is 0. The van der Waals surface area contributed by atoms with Crippen molar-refractivity contribution < 1.29 is 9.90 Å². The Balaban J connectivity index is 2.98. The van der Waals surface area contributed by atoms with Crippen LogP contribution in [0.15, 0.2) is 0 Å². The minimum Gasteiger partial charge on any atom is -0.481 e. The molecule has 0 rings (SSSR count). The Morgan fingerprint density at radius 2 is 2.20 bits per heavy atom. The molecule has 0 radical (unpaired) electrons. The minimum absolute atomic E-state index is 0.323. The molecule has 0 aromatic heterocycles. The number of rotatable bonds is 5. The second-order valence-electron chi connectivity index (χ2n) is 2.42. The molecule has 0 aromatic carbocycles. The van der Waals surface area contributed by atoms with Crippen LogP contribution in [0.3, 0.4) is 0 Å². The summed E-state index contributed by atoms with van der Waals surface area (Å²) < 4.78 is 0.673. The van der Waals surface area contributed by atoms with Gasteiger partial charge < -0.3 is 5.11 Å². The highest BCUT2D eigenvalue weighted by atomic mass is 127. The molecule has 1 unspecified atom stereocenters. The van der Waals surface area contributed by atoms with E-state index in [9.17, 15) is 4.79 Å². The van der Waals surface area contributed by atoms with Crippen molar-refractivity contribution in [1.82, 2.24) is 0 Å². The van der Waals surface area contributed by atoms with Gasteiger partial charge in [-0.2, -0.15) is 0 Å². The van der Waals surface area contributed by atoms with Crippen LogP contribution in [-0.4, -0.2) is 15.0 Å². The standard InChI is InChI=1S/C7H13IO2/c1-6(8)4-2-3-5-7(9)10/h6H,2-5H2,1H3,(H,9,10). The average Bonchev–Trinajstić information content (AvgIpc) is 1.79. The molecule has 0 spiro atoms. The van der Waals surface area contributed by atoms with E-state index < -0.39 is 5.97 Å². The Labute approximate surface area is 75.1 Å². The molecule has 2 nitrogen and oxygen atoms in total. The van der Waals surface area contributed by atoms with E-state index in [2.05, 4.69) is 29.5 Å². The molecule has 0 aliphatic rings. The van der Waals surface area contributed by atoms with Crippen molar-refractivity contribution >= 4 is 28.6 Å². The third kappa shape index (κ3) is 8.20. The van der Waals surface area contributed by atoms with Gasteiger partial charge in [0.05, 0.1) is 0 Å². The minimum atomic E-state index is -0.680. The van der Waals surface area contributed by atoms with Crippen LogP contribution in [0.5, 0.6) is 0 Å². The van der Waals surface area contributed by atoms with E-state index in [1.165, 1.54) is 0 Å². The first-order valence-corrected chi connectivity index (χ1v) is 4.73. The SMILES string of the molecule is CC(I)CCCCC(=O)O. The Bertz CT molecular complexity index is 102. The summed E-state index contributed by atoms with van der Waals surface area (Å²) in [5, 5.41) is 8.28. The van der Waals surface area contributed by atoms with Crippen molar-refractivity contribution in [3.63, 3.8) is 0 Å². The molecule has 0 heterocycles. The molecule has 0 aliphatic carbocycles. The van der Waals surface area contributed by atoms with Gasteiger partial charge in [-0.1, -0.05) is 35.9 Å². The Kier molecular flexibility index (Phi) is 6.06. The first-order chi connectivity index (χ1) is 4.63. The van der Waals surface area contributed by atoms with Crippen LogP contribution >= 0.6 is 22.6 Å². The van der Waals surface area contributed by atoms with Crippen LogP contribution in [0.4, 0.5) is 0 Å². The zero-order valence-electron chi connectivity index (χ0n) is 6.14.